The van der Waals surface area contributed by atoms with Gasteiger partial charge in [0, 0.05) is 51.1 Å². The molecule has 0 aromatic carbocycles. The first-order valence-electron chi connectivity index (χ1n) is 10.3. The van der Waals surface area contributed by atoms with E-state index in [1.807, 2.05) is 0 Å². The smallest absolute Gasteiger partial charge is 0.0849 e. The van der Waals surface area contributed by atoms with E-state index in [9.17, 15) is 0 Å². The summed E-state index contributed by atoms with van der Waals surface area (Å²) in [5.41, 5.74) is 0.906. The largest absolute Gasteiger partial charge is 0.370 e. The molecule has 4 rings (SSSR count). The van der Waals surface area contributed by atoms with Gasteiger partial charge in [0.2, 0.25) is 0 Å². The molecule has 2 atom stereocenters. The Balaban J connectivity index is 1.11. The van der Waals surface area contributed by atoms with E-state index < -0.39 is 0 Å². The van der Waals surface area contributed by atoms with Crippen LogP contribution in [0.1, 0.15) is 46.0 Å². The van der Waals surface area contributed by atoms with Crippen LogP contribution >= 0.6 is 0 Å². The van der Waals surface area contributed by atoms with Crippen LogP contribution in [0.5, 0.6) is 0 Å². The fourth-order valence-electron chi connectivity index (χ4n) is 5.90. The van der Waals surface area contributed by atoms with E-state index >= 15 is 0 Å². The van der Waals surface area contributed by atoms with E-state index in [4.69, 9.17) is 4.74 Å². The molecule has 4 aliphatic rings. The molecule has 4 saturated heterocycles. The molecule has 1 unspecified atom stereocenters. The topological polar surface area (TPSA) is 19.0 Å². The molecule has 0 amide bonds. The van der Waals surface area contributed by atoms with Crippen LogP contribution in [-0.4, -0.2) is 85.8 Å². The summed E-state index contributed by atoms with van der Waals surface area (Å²) in [6, 6.07) is 0. The van der Waals surface area contributed by atoms with Gasteiger partial charge in [-0.3, -0.25) is 0 Å². The van der Waals surface area contributed by atoms with Crippen molar-refractivity contribution >= 4 is 0 Å². The number of hydrogen-bond acceptors (Lipinski definition) is 4. The lowest BCUT2D eigenvalue weighted by molar-refractivity contribution is -0.200. The molecule has 4 fully saturated rings. The Bertz CT molecular complexity index is 440. The van der Waals surface area contributed by atoms with Crippen molar-refractivity contribution in [3.63, 3.8) is 0 Å². The standard InChI is InChI=1S/C20H37N3O/c1-17(2)12-23-10-7-20(16-23)11-18(24-20)5-4-8-22-9-6-19(15-22)13-21(3)14-19/h17-18H,4-16H2,1-3H3/t18?,20-/m0/s1. The van der Waals surface area contributed by atoms with Gasteiger partial charge in [0.05, 0.1) is 11.7 Å². The summed E-state index contributed by atoms with van der Waals surface area (Å²) in [5.74, 6) is 0.773. The maximum atomic E-state index is 6.38. The van der Waals surface area contributed by atoms with Gasteiger partial charge < -0.3 is 19.4 Å². The third-order valence-corrected chi connectivity index (χ3v) is 6.76. The third kappa shape index (κ3) is 3.53. The predicted octanol–water partition coefficient (Wildman–Crippen LogP) is 2.29. The quantitative estimate of drug-likeness (QED) is 0.741. The Kier molecular flexibility index (Phi) is 4.70. The van der Waals surface area contributed by atoms with Crippen LogP contribution in [0.25, 0.3) is 0 Å². The SMILES string of the molecule is CC(C)CN1CC[C@]2(CC(CCCN3CCC4(CN(C)C4)C3)O2)C1. The number of hydrogen-bond donors (Lipinski definition) is 0. The van der Waals surface area contributed by atoms with Crippen LogP contribution in [0.15, 0.2) is 0 Å². The van der Waals surface area contributed by atoms with Crippen molar-refractivity contribution < 1.29 is 4.74 Å². The zero-order valence-electron chi connectivity index (χ0n) is 16.1. The Morgan fingerprint density at radius 2 is 1.79 bits per heavy atom. The van der Waals surface area contributed by atoms with Gasteiger partial charge in [-0.2, -0.15) is 0 Å². The van der Waals surface area contributed by atoms with E-state index in [1.165, 1.54) is 84.5 Å². The molecule has 4 heteroatoms. The highest BCUT2D eigenvalue weighted by molar-refractivity contribution is 5.02. The maximum absolute atomic E-state index is 6.38. The van der Waals surface area contributed by atoms with E-state index in [2.05, 4.69) is 35.6 Å². The van der Waals surface area contributed by atoms with Gasteiger partial charge in [-0.05, 0) is 51.7 Å². The molecule has 0 bridgehead atoms. The second-order valence-electron chi connectivity index (χ2n) is 9.85. The van der Waals surface area contributed by atoms with Crippen LogP contribution < -0.4 is 0 Å². The Morgan fingerprint density at radius 1 is 1.04 bits per heavy atom. The van der Waals surface area contributed by atoms with Crippen molar-refractivity contribution in [2.45, 2.75) is 57.7 Å². The lowest BCUT2D eigenvalue weighted by Gasteiger charge is -2.46. The first-order chi connectivity index (χ1) is 11.5. The van der Waals surface area contributed by atoms with Crippen molar-refractivity contribution in [3.8, 4) is 0 Å². The summed E-state index contributed by atoms with van der Waals surface area (Å²) < 4.78 is 6.38. The second-order valence-corrected chi connectivity index (χ2v) is 9.85. The molecule has 2 spiro atoms. The molecule has 0 radical (unpaired) electrons. The van der Waals surface area contributed by atoms with Crippen LogP contribution in [0.3, 0.4) is 0 Å². The fraction of sp³-hybridized carbons (Fsp3) is 1.00. The average Bonchev–Trinajstić information content (AvgIpc) is 3.02. The molecule has 0 aromatic heterocycles. The number of ether oxygens (including phenoxy) is 1. The molecule has 4 heterocycles. The Morgan fingerprint density at radius 3 is 2.50 bits per heavy atom. The maximum Gasteiger partial charge on any atom is 0.0849 e. The van der Waals surface area contributed by atoms with Crippen LogP contribution in [-0.2, 0) is 4.74 Å². The molecular weight excluding hydrogens is 298 g/mol. The molecule has 24 heavy (non-hydrogen) atoms. The van der Waals surface area contributed by atoms with Gasteiger partial charge in [0.15, 0.2) is 0 Å². The highest BCUT2D eigenvalue weighted by Crippen LogP contribution is 2.42. The lowest BCUT2D eigenvalue weighted by atomic mass is 9.79. The van der Waals surface area contributed by atoms with Crippen LogP contribution in [0, 0.1) is 11.3 Å². The summed E-state index contributed by atoms with van der Waals surface area (Å²) in [7, 11) is 2.25. The third-order valence-electron chi connectivity index (χ3n) is 6.76. The summed E-state index contributed by atoms with van der Waals surface area (Å²) in [4.78, 5) is 7.79. The Hall–Kier alpha value is -0.160. The van der Waals surface area contributed by atoms with Gasteiger partial charge in [-0.1, -0.05) is 13.8 Å². The monoisotopic (exact) mass is 335 g/mol. The summed E-state index contributed by atoms with van der Waals surface area (Å²) in [6.07, 6.45) is 7.15. The zero-order chi connectivity index (χ0) is 16.8. The second kappa shape index (κ2) is 6.53. The first-order valence-corrected chi connectivity index (χ1v) is 10.3. The molecule has 0 aliphatic carbocycles. The molecule has 0 saturated carbocycles. The average molecular weight is 336 g/mol. The minimum atomic E-state index is 0.244. The van der Waals surface area contributed by atoms with Crippen molar-refractivity contribution in [1.82, 2.24) is 14.7 Å². The molecular formula is C20H37N3O. The summed E-state index contributed by atoms with van der Waals surface area (Å²) in [5, 5.41) is 0. The molecule has 0 aromatic rings. The fourth-order valence-corrected chi connectivity index (χ4v) is 5.90. The number of nitrogens with zero attached hydrogens (tertiary/aromatic N) is 3. The minimum Gasteiger partial charge on any atom is -0.370 e. The highest BCUT2D eigenvalue weighted by Gasteiger charge is 2.49. The van der Waals surface area contributed by atoms with E-state index in [0.29, 0.717) is 11.5 Å². The van der Waals surface area contributed by atoms with Gasteiger partial charge in [-0.25, -0.2) is 0 Å². The summed E-state index contributed by atoms with van der Waals surface area (Å²) >= 11 is 0. The van der Waals surface area contributed by atoms with Gasteiger partial charge in [-0.15, -0.1) is 0 Å². The number of likely N-dealkylation sites (tertiary alicyclic amines) is 3. The molecule has 138 valence electrons. The highest BCUT2D eigenvalue weighted by atomic mass is 16.5. The summed E-state index contributed by atoms with van der Waals surface area (Å²) in [6.45, 7) is 14.9. The minimum absolute atomic E-state index is 0.244. The molecule has 0 N–H and O–H groups in total. The van der Waals surface area contributed by atoms with Crippen molar-refractivity contribution in [2.75, 3.05) is 59.4 Å². The predicted molar refractivity (Wildman–Crippen MR) is 98.3 cm³/mol. The van der Waals surface area contributed by atoms with Crippen LogP contribution in [0.4, 0.5) is 0 Å². The lowest BCUT2D eigenvalue weighted by Crippen LogP contribution is -2.55. The van der Waals surface area contributed by atoms with E-state index in [1.54, 1.807) is 0 Å². The first kappa shape index (κ1) is 17.3. The van der Waals surface area contributed by atoms with E-state index in [0.717, 1.165) is 5.92 Å². The van der Waals surface area contributed by atoms with E-state index in [-0.39, 0.29) is 5.60 Å². The van der Waals surface area contributed by atoms with Crippen molar-refractivity contribution in [3.05, 3.63) is 0 Å². The van der Waals surface area contributed by atoms with Gasteiger partial charge in [0.25, 0.3) is 0 Å². The van der Waals surface area contributed by atoms with Gasteiger partial charge in [0.1, 0.15) is 0 Å². The van der Waals surface area contributed by atoms with Crippen LogP contribution in [0.2, 0.25) is 0 Å². The number of rotatable bonds is 6. The zero-order valence-corrected chi connectivity index (χ0v) is 16.1. The molecule has 4 aliphatic heterocycles. The van der Waals surface area contributed by atoms with Crippen molar-refractivity contribution in [2.24, 2.45) is 11.3 Å². The van der Waals surface area contributed by atoms with Gasteiger partial charge >= 0.3 is 0 Å². The normalized spacial score (nSPS) is 36.8. The van der Waals surface area contributed by atoms with Crippen molar-refractivity contribution in [1.29, 1.82) is 0 Å². The Labute approximate surface area is 148 Å². The molecule has 4 nitrogen and oxygen atoms in total.